The first-order chi connectivity index (χ1) is 14.1. The molecule has 0 fully saturated rings. The topological polar surface area (TPSA) is 106 Å². The van der Waals surface area contributed by atoms with E-state index < -0.39 is 5.91 Å². The number of benzene rings is 2. The zero-order chi connectivity index (χ0) is 20.5. The molecule has 0 atom stereocenters. The maximum Gasteiger partial charge on any atom is 0.277 e. The molecular formula is C19H17ClN4O4S. The minimum absolute atomic E-state index is 0.00525. The Kier molecular flexibility index (Phi) is 7.48. The fourth-order valence-electron chi connectivity index (χ4n) is 2.16. The van der Waals surface area contributed by atoms with E-state index in [4.69, 9.17) is 20.8 Å². The summed E-state index contributed by atoms with van der Waals surface area (Å²) in [5, 5.41) is 8.54. The second-order valence-corrected chi connectivity index (χ2v) is 7.11. The minimum Gasteiger partial charge on any atom is -0.484 e. The van der Waals surface area contributed by atoms with Gasteiger partial charge in [0.2, 0.25) is 11.8 Å². The van der Waals surface area contributed by atoms with Gasteiger partial charge in [0.25, 0.3) is 11.1 Å². The molecule has 0 aliphatic carbocycles. The molecule has 0 aliphatic rings. The Hall–Kier alpha value is -3.04. The molecule has 2 N–H and O–H groups in total. The van der Waals surface area contributed by atoms with E-state index >= 15 is 0 Å². The molecule has 10 heteroatoms. The Labute approximate surface area is 176 Å². The third kappa shape index (κ3) is 7.13. The highest BCUT2D eigenvalue weighted by Crippen LogP contribution is 2.19. The van der Waals surface area contributed by atoms with E-state index in [1.54, 1.807) is 24.3 Å². The lowest BCUT2D eigenvalue weighted by Gasteiger charge is -2.06. The van der Waals surface area contributed by atoms with Gasteiger partial charge in [-0.1, -0.05) is 53.7 Å². The van der Waals surface area contributed by atoms with E-state index in [2.05, 4.69) is 21.0 Å². The van der Waals surface area contributed by atoms with Crippen LogP contribution in [-0.4, -0.2) is 27.8 Å². The van der Waals surface area contributed by atoms with E-state index in [0.29, 0.717) is 10.8 Å². The van der Waals surface area contributed by atoms with Gasteiger partial charge in [-0.3, -0.25) is 20.4 Å². The molecule has 2 aromatic carbocycles. The highest BCUT2D eigenvalue weighted by atomic mass is 35.5. The molecule has 3 rings (SSSR count). The molecule has 29 heavy (non-hydrogen) atoms. The maximum atomic E-state index is 11.8. The maximum absolute atomic E-state index is 11.8. The average molecular weight is 433 g/mol. The number of aromatic nitrogens is 2. The molecule has 0 unspecified atom stereocenters. The Morgan fingerprint density at radius 3 is 2.48 bits per heavy atom. The first kappa shape index (κ1) is 20.7. The number of carbonyl (C=O) groups excluding carboxylic acids is 2. The second kappa shape index (κ2) is 10.5. The summed E-state index contributed by atoms with van der Waals surface area (Å²) >= 11 is 6.87. The zero-order valence-electron chi connectivity index (χ0n) is 15.1. The Morgan fingerprint density at radius 2 is 1.72 bits per heavy atom. The fourth-order valence-corrected chi connectivity index (χ4v) is 2.87. The lowest BCUT2D eigenvalue weighted by Crippen LogP contribution is -2.43. The van der Waals surface area contributed by atoms with Crippen molar-refractivity contribution in [1.82, 2.24) is 21.0 Å². The standard InChI is InChI=1S/C19H17ClN4O4S/c20-14-6-8-15(9-7-14)27-11-18-23-24-19(28-18)29-12-17(26)22-21-16(25)10-13-4-2-1-3-5-13/h1-9H,10-12H2,(H,21,25)(H,22,26). The van der Waals surface area contributed by atoms with Crippen LogP contribution in [-0.2, 0) is 22.6 Å². The fraction of sp³-hybridized carbons (Fsp3) is 0.158. The number of nitrogens with one attached hydrogen (secondary N) is 2. The van der Waals surface area contributed by atoms with Crippen LogP contribution in [0, 0.1) is 0 Å². The molecule has 0 aliphatic heterocycles. The summed E-state index contributed by atoms with van der Waals surface area (Å²) in [6.45, 7) is 0.0942. The van der Waals surface area contributed by atoms with Crippen molar-refractivity contribution in [2.75, 3.05) is 5.75 Å². The summed E-state index contributed by atoms with van der Waals surface area (Å²) in [5.41, 5.74) is 5.57. The van der Waals surface area contributed by atoms with Crippen LogP contribution >= 0.6 is 23.4 Å². The highest BCUT2D eigenvalue weighted by Gasteiger charge is 2.11. The number of hydrogen-bond donors (Lipinski definition) is 2. The number of ether oxygens (including phenoxy) is 1. The van der Waals surface area contributed by atoms with Crippen molar-refractivity contribution in [3.8, 4) is 5.75 Å². The van der Waals surface area contributed by atoms with Crippen LogP contribution in [0.4, 0.5) is 0 Å². The Balaban J connectivity index is 1.36. The van der Waals surface area contributed by atoms with E-state index in [-0.39, 0.29) is 35.8 Å². The number of carbonyl (C=O) groups is 2. The lowest BCUT2D eigenvalue weighted by molar-refractivity contribution is -0.127. The number of hydrogen-bond acceptors (Lipinski definition) is 7. The van der Waals surface area contributed by atoms with E-state index in [0.717, 1.165) is 17.3 Å². The average Bonchev–Trinajstić information content (AvgIpc) is 3.19. The summed E-state index contributed by atoms with van der Waals surface area (Å²) < 4.78 is 10.9. The normalized spacial score (nSPS) is 10.4. The molecule has 150 valence electrons. The van der Waals surface area contributed by atoms with Gasteiger partial charge in [0.1, 0.15) is 5.75 Å². The van der Waals surface area contributed by atoms with Gasteiger partial charge in [0.05, 0.1) is 12.2 Å². The van der Waals surface area contributed by atoms with Crippen molar-refractivity contribution in [2.45, 2.75) is 18.3 Å². The van der Waals surface area contributed by atoms with Crippen LogP contribution < -0.4 is 15.6 Å². The number of thioether (sulfide) groups is 1. The van der Waals surface area contributed by atoms with Gasteiger partial charge in [-0.15, -0.1) is 10.2 Å². The summed E-state index contributed by atoms with van der Waals surface area (Å²) in [7, 11) is 0. The highest BCUT2D eigenvalue weighted by molar-refractivity contribution is 7.99. The van der Waals surface area contributed by atoms with E-state index in [1.807, 2.05) is 30.3 Å². The van der Waals surface area contributed by atoms with Crippen molar-refractivity contribution in [2.24, 2.45) is 0 Å². The largest absolute Gasteiger partial charge is 0.484 e. The molecule has 0 saturated heterocycles. The predicted octanol–water partition coefficient (Wildman–Crippen LogP) is 2.78. The van der Waals surface area contributed by atoms with Crippen molar-refractivity contribution in [1.29, 1.82) is 0 Å². The molecular weight excluding hydrogens is 416 g/mol. The SMILES string of the molecule is O=C(CSc1nnc(COc2ccc(Cl)cc2)o1)NNC(=O)Cc1ccccc1. The summed E-state index contributed by atoms with van der Waals surface area (Å²) in [6, 6.07) is 16.1. The van der Waals surface area contributed by atoms with Crippen LogP contribution in [0.1, 0.15) is 11.5 Å². The first-order valence-electron chi connectivity index (χ1n) is 8.53. The number of halogens is 1. The molecule has 8 nitrogen and oxygen atoms in total. The molecule has 0 saturated carbocycles. The van der Waals surface area contributed by atoms with Gasteiger partial charge in [-0.25, -0.2) is 0 Å². The Morgan fingerprint density at radius 1 is 1.00 bits per heavy atom. The van der Waals surface area contributed by atoms with Gasteiger partial charge < -0.3 is 9.15 Å². The number of hydrazine groups is 1. The van der Waals surface area contributed by atoms with E-state index in [9.17, 15) is 9.59 Å². The summed E-state index contributed by atoms with van der Waals surface area (Å²) in [6.07, 6.45) is 0.175. The van der Waals surface area contributed by atoms with Crippen LogP contribution in [0.25, 0.3) is 0 Å². The molecule has 1 aromatic heterocycles. The van der Waals surface area contributed by atoms with Crippen molar-refractivity contribution in [3.05, 3.63) is 71.1 Å². The number of amides is 2. The summed E-state index contributed by atoms with van der Waals surface area (Å²) in [4.78, 5) is 23.7. The van der Waals surface area contributed by atoms with Crippen molar-refractivity contribution >= 4 is 35.2 Å². The molecule has 1 heterocycles. The van der Waals surface area contributed by atoms with Crippen LogP contribution in [0.15, 0.2) is 64.2 Å². The smallest absolute Gasteiger partial charge is 0.277 e. The third-order valence-electron chi connectivity index (χ3n) is 3.50. The third-order valence-corrected chi connectivity index (χ3v) is 4.57. The zero-order valence-corrected chi connectivity index (χ0v) is 16.7. The van der Waals surface area contributed by atoms with Gasteiger partial charge >= 0.3 is 0 Å². The van der Waals surface area contributed by atoms with Crippen molar-refractivity contribution in [3.63, 3.8) is 0 Å². The van der Waals surface area contributed by atoms with E-state index in [1.165, 1.54) is 0 Å². The molecule has 0 spiro atoms. The van der Waals surface area contributed by atoms with Gasteiger partial charge in [0.15, 0.2) is 6.61 Å². The van der Waals surface area contributed by atoms with Crippen LogP contribution in [0.5, 0.6) is 5.75 Å². The van der Waals surface area contributed by atoms with Crippen LogP contribution in [0.3, 0.4) is 0 Å². The molecule has 2 amide bonds. The minimum atomic E-state index is -0.395. The molecule has 0 radical (unpaired) electrons. The number of nitrogens with zero attached hydrogens (tertiary/aromatic N) is 2. The van der Waals surface area contributed by atoms with Gasteiger partial charge in [-0.05, 0) is 29.8 Å². The van der Waals surface area contributed by atoms with Crippen LogP contribution in [0.2, 0.25) is 5.02 Å². The first-order valence-corrected chi connectivity index (χ1v) is 9.90. The summed E-state index contributed by atoms with van der Waals surface area (Å²) in [5.74, 6) is 0.194. The van der Waals surface area contributed by atoms with Gasteiger partial charge in [-0.2, -0.15) is 0 Å². The quantitative estimate of drug-likeness (QED) is 0.416. The predicted molar refractivity (Wildman–Crippen MR) is 107 cm³/mol. The van der Waals surface area contributed by atoms with Crippen molar-refractivity contribution < 1.29 is 18.7 Å². The number of rotatable bonds is 8. The molecule has 3 aromatic rings. The second-order valence-electron chi connectivity index (χ2n) is 5.75. The Bertz CT molecular complexity index is 950. The lowest BCUT2D eigenvalue weighted by atomic mass is 10.1. The van der Waals surface area contributed by atoms with Gasteiger partial charge in [0, 0.05) is 5.02 Å². The monoisotopic (exact) mass is 432 g/mol. The molecule has 0 bridgehead atoms.